The standard InChI is InChI=1S/C15H20O/c1-12-8-9-15(10-13(12)2)16-11-14-6-4-3-5-7-14/h3-8,13,15H,9-11H2,1-2H3/t13-,15-/m0/s1. The zero-order chi connectivity index (χ0) is 11.4. The summed E-state index contributed by atoms with van der Waals surface area (Å²) in [5.74, 6) is 0.675. The molecule has 16 heavy (non-hydrogen) atoms. The first-order chi connectivity index (χ1) is 7.75. The zero-order valence-corrected chi connectivity index (χ0v) is 10.1. The minimum Gasteiger partial charge on any atom is -0.373 e. The van der Waals surface area contributed by atoms with Gasteiger partial charge in [-0.1, -0.05) is 48.9 Å². The topological polar surface area (TPSA) is 9.23 Å². The van der Waals surface area contributed by atoms with Crippen molar-refractivity contribution in [2.45, 2.75) is 39.4 Å². The summed E-state index contributed by atoms with van der Waals surface area (Å²) in [6.07, 6.45) is 4.96. The Balaban J connectivity index is 1.84. The highest BCUT2D eigenvalue weighted by Gasteiger charge is 2.18. The third-order valence-corrected chi connectivity index (χ3v) is 3.43. The van der Waals surface area contributed by atoms with E-state index >= 15 is 0 Å². The summed E-state index contributed by atoms with van der Waals surface area (Å²) in [4.78, 5) is 0. The number of hydrogen-bond acceptors (Lipinski definition) is 1. The molecule has 0 radical (unpaired) electrons. The molecule has 0 bridgehead atoms. The van der Waals surface area contributed by atoms with Gasteiger partial charge in [-0.3, -0.25) is 0 Å². The van der Waals surface area contributed by atoms with E-state index in [2.05, 4.69) is 44.2 Å². The van der Waals surface area contributed by atoms with Crippen molar-refractivity contribution < 1.29 is 4.74 Å². The van der Waals surface area contributed by atoms with Crippen LogP contribution in [0.15, 0.2) is 42.0 Å². The van der Waals surface area contributed by atoms with E-state index in [1.54, 1.807) is 0 Å². The van der Waals surface area contributed by atoms with Crippen LogP contribution in [0, 0.1) is 5.92 Å². The van der Waals surface area contributed by atoms with Crippen molar-refractivity contribution in [1.82, 2.24) is 0 Å². The molecule has 0 aromatic heterocycles. The van der Waals surface area contributed by atoms with Gasteiger partial charge in [-0.15, -0.1) is 0 Å². The Morgan fingerprint density at radius 3 is 2.69 bits per heavy atom. The Kier molecular flexibility index (Phi) is 3.79. The Morgan fingerprint density at radius 2 is 2.00 bits per heavy atom. The van der Waals surface area contributed by atoms with E-state index in [4.69, 9.17) is 4.74 Å². The smallest absolute Gasteiger partial charge is 0.0720 e. The lowest BCUT2D eigenvalue weighted by Gasteiger charge is -2.26. The van der Waals surface area contributed by atoms with Gasteiger partial charge >= 0.3 is 0 Å². The average molecular weight is 216 g/mol. The molecule has 0 N–H and O–H groups in total. The molecule has 0 saturated heterocycles. The second-order valence-corrected chi connectivity index (χ2v) is 4.74. The predicted molar refractivity (Wildman–Crippen MR) is 67.2 cm³/mol. The fraction of sp³-hybridized carbons (Fsp3) is 0.467. The van der Waals surface area contributed by atoms with E-state index in [1.165, 1.54) is 11.1 Å². The monoisotopic (exact) mass is 216 g/mol. The molecule has 1 nitrogen and oxygen atoms in total. The Labute approximate surface area is 98.1 Å². The molecular weight excluding hydrogens is 196 g/mol. The number of rotatable bonds is 3. The first-order valence-electron chi connectivity index (χ1n) is 6.08. The van der Waals surface area contributed by atoms with Crippen LogP contribution in [-0.2, 0) is 11.3 Å². The quantitative estimate of drug-likeness (QED) is 0.695. The van der Waals surface area contributed by atoms with Crippen molar-refractivity contribution in [3.8, 4) is 0 Å². The van der Waals surface area contributed by atoms with Gasteiger partial charge in [-0.25, -0.2) is 0 Å². The fourth-order valence-electron chi connectivity index (χ4n) is 2.12. The first-order valence-corrected chi connectivity index (χ1v) is 6.08. The molecule has 86 valence electrons. The molecule has 0 saturated carbocycles. The molecule has 1 aromatic rings. The van der Waals surface area contributed by atoms with Gasteiger partial charge in [-0.2, -0.15) is 0 Å². The molecule has 0 amide bonds. The molecular formula is C15H20O. The van der Waals surface area contributed by atoms with Crippen molar-refractivity contribution >= 4 is 0 Å². The van der Waals surface area contributed by atoms with E-state index in [0.29, 0.717) is 12.0 Å². The zero-order valence-electron chi connectivity index (χ0n) is 10.1. The highest BCUT2D eigenvalue weighted by Crippen LogP contribution is 2.26. The second kappa shape index (κ2) is 5.31. The van der Waals surface area contributed by atoms with E-state index in [0.717, 1.165) is 19.4 Å². The summed E-state index contributed by atoms with van der Waals surface area (Å²) < 4.78 is 5.94. The van der Waals surface area contributed by atoms with Crippen LogP contribution < -0.4 is 0 Å². The Hall–Kier alpha value is -1.08. The summed E-state index contributed by atoms with van der Waals surface area (Å²) in [5, 5.41) is 0. The SMILES string of the molecule is CC1=CC[C@H](OCc2ccccc2)C[C@@H]1C. The first kappa shape index (κ1) is 11.4. The summed E-state index contributed by atoms with van der Waals surface area (Å²) in [6.45, 7) is 5.24. The summed E-state index contributed by atoms with van der Waals surface area (Å²) in [5.41, 5.74) is 2.78. The van der Waals surface area contributed by atoms with Gasteiger partial charge in [0.25, 0.3) is 0 Å². The van der Waals surface area contributed by atoms with E-state index < -0.39 is 0 Å². The van der Waals surface area contributed by atoms with Crippen LogP contribution in [0.3, 0.4) is 0 Å². The highest BCUT2D eigenvalue weighted by molar-refractivity contribution is 5.13. The van der Waals surface area contributed by atoms with Crippen LogP contribution in [0.4, 0.5) is 0 Å². The molecule has 1 aliphatic carbocycles. The maximum absolute atomic E-state index is 5.94. The number of benzene rings is 1. The number of allylic oxidation sites excluding steroid dienone is 1. The molecule has 2 rings (SSSR count). The van der Waals surface area contributed by atoms with Gasteiger partial charge in [0.05, 0.1) is 12.7 Å². The van der Waals surface area contributed by atoms with Crippen molar-refractivity contribution in [3.63, 3.8) is 0 Å². The average Bonchev–Trinajstić information content (AvgIpc) is 2.32. The maximum atomic E-state index is 5.94. The van der Waals surface area contributed by atoms with Crippen LogP contribution >= 0.6 is 0 Å². The third-order valence-electron chi connectivity index (χ3n) is 3.43. The molecule has 2 atom stereocenters. The number of ether oxygens (including phenoxy) is 1. The molecule has 1 aromatic carbocycles. The van der Waals surface area contributed by atoms with E-state index in [-0.39, 0.29) is 0 Å². The maximum Gasteiger partial charge on any atom is 0.0720 e. The Morgan fingerprint density at radius 1 is 1.25 bits per heavy atom. The molecule has 0 aliphatic heterocycles. The summed E-state index contributed by atoms with van der Waals surface area (Å²) in [7, 11) is 0. The van der Waals surface area contributed by atoms with Crippen LogP contribution in [-0.4, -0.2) is 6.10 Å². The summed E-state index contributed by atoms with van der Waals surface area (Å²) >= 11 is 0. The van der Waals surface area contributed by atoms with Gasteiger partial charge in [0.15, 0.2) is 0 Å². The molecule has 0 fully saturated rings. The highest BCUT2D eigenvalue weighted by atomic mass is 16.5. The molecule has 1 heteroatoms. The third kappa shape index (κ3) is 2.96. The van der Waals surface area contributed by atoms with Crippen LogP contribution in [0.25, 0.3) is 0 Å². The minimum absolute atomic E-state index is 0.402. The lowest BCUT2D eigenvalue weighted by Crippen LogP contribution is -2.20. The van der Waals surface area contributed by atoms with Crippen LogP contribution in [0.5, 0.6) is 0 Å². The van der Waals surface area contributed by atoms with Gasteiger partial charge in [0, 0.05) is 0 Å². The van der Waals surface area contributed by atoms with Gasteiger partial charge in [-0.05, 0) is 31.2 Å². The lowest BCUT2D eigenvalue weighted by molar-refractivity contribution is 0.0264. The lowest BCUT2D eigenvalue weighted by atomic mass is 9.88. The predicted octanol–water partition coefficient (Wildman–Crippen LogP) is 3.95. The van der Waals surface area contributed by atoms with Crippen molar-refractivity contribution in [2.75, 3.05) is 0 Å². The number of hydrogen-bond donors (Lipinski definition) is 0. The summed E-state index contributed by atoms with van der Waals surface area (Å²) in [6, 6.07) is 10.4. The van der Waals surface area contributed by atoms with Crippen LogP contribution in [0.1, 0.15) is 32.3 Å². The fourth-order valence-corrected chi connectivity index (χ4v) is 2.12. The molecule has 0 spiro atoms. The van der Waals surface area contributed by atoms with Crippen molar-refractivity contribution in [3.05, 3.63) is 47.5 Å². The molecule has 1 aliphatic rings. The van der Waals surface area contributed by atoms with E-state index in [9.17, 15) is 0 Å². The van der Waals surface area contributed by atoms with E-state index in [1.807, 2.05) is 6.07 Å². The Bertz CT molecular complexity index is 353. The largest absolute Gasteiger partial charge is 0.373 e. The van der Waals surface area contributed by atoms with Gasteiger partial charge in [0.2, 0.25) is 0 Å². The normalized spacial score (nSPS) is 25.2. The van der Waals surface area contributed by atoms with Gasteiger partial charge < -0.3 is 4.74 Å². The minimum atomic E-state index is 0.402. The van der Waals surface area contributed by atoms with Gasteiger partial charge in [0.1, 0.15) is 0 Å². The second-order valence-electron chi connectivity index (χ2n) is 4.74. The van der Waals surface area contributed by atoms with Crippen molar-refractivity contribution in [1.29, 1.82) is 0 Å². The van der Waals surface area contributed by atoms with Crippen molar-refractivity contribution in [2.24, 2.45) is 5.92 Å². The molecule has 0 unspecified atom stereocenters. The molecule has 0 heterocycles. The van der Waals surface area contributed by atoms with Crippen LogP contribution in [0.2, 0.25) is 0 Å².